The summed E-state index contributed by atoms with van der Waals surface area (Å²) in [5.74, 6) is 0.233. The fraction of sp³-hybridized carbons (Fsp3) is 0.600. The van der Waals surface area contributed by atoms with Gasteiger partial charge in [0.1, 0.15) is 22.8 Å². The molecule has 1 aliphatic heterocycles. The van der Waals surface area contributed by atoms with Crippen LogP contribution in [0.1, 0.15) is 45.1 Å². The van der Waals surface area contributed by atoms with E-state index >= 15 is 0 Å². The zero-order chi connectivity index (χ0) is 22.7. The molecule has 168 valence electrons. The van der Waals surface area contributed by atoms with Crippen molar-refractivity contribution in [3.63, 3.8) is 0 Å². The zero-order valence-electron chi connectivity index (χ0n) is 17.9. The van der Waals surface area contributed by atoms with E-state index in [9.17, 15) is 21.6 Å². The summed E-state index contributed by atoms with van der Waals surface area (Å²) in [5.41, 5.74) is -4.17. The van der Waals surface area contributed by atoms with E-state index in [-0.39, 0.29) is 17.6 Å². The van der Waals surface area contributed by atoms with Gasteiger partial charge in [-0.15, -0.1) is 0 Å². The van der Waals surface area contributed by atoms with Crippen LogP contribution in [0.5, 0.6) is 17.2 Å². The molecule has 10 heteroatoms. The van der Waals surface area contributed by atoms with Gasteiger partial charge in [-0.25, -0.2) is 0 Å². The third kappa shape index (κ3) is 4.49. The zero-order valence-corrected chi connectivity index (χ0v) is 19.7. The first kappa shape index (κ1) is 23.0. The Morgan fingerprint density at radius 1 is 1.20 bits per heavy atom. The molecule has 0 fully saturated rings. The maximum absolute atomic E-state index is 12.8. The van der Waals surface area contributed by atoms with E-state index in [2.05, 4.69) is 10.3 Å². The smallest absolute Gasteiger partial charge is 0.534 e. The number of hydrogen-bond donors (Lipinski definition) is 0. The van der Waals surface area contributed by atoms with Gasteiger partial charge in [-0.05, 0) is 53.3 Å². The number of allylic oxidation sites excluding steroid dienone is 2. The predicted molar refractivity (Wildman–Crippen MR) is 110 cm³/mol. The lowest BCUT2D eigenvalue weighted by molar-refractivity contribution is -0.0500. The van der Waals surface area contributed by atoms with E-state index in [1.165, 1.54) is 17.7 Å². The Morgan fingerprint density at radius 2 is 1.83 bits per heavy atom. The average molecular weight is 465 g/mol. The average Bonchev–Trinajstić information content (AvgIpc) is 2.50. The van der Waals surface area contributed by atoms with Gasteiger partial charge in [-0.2, -0.15) is 21.6 Å². The molecule has 0 spiro atoms. The largest absolute Gasteiger partial charge is 0.544 e. The highest BCUT2D eigenvalue weighted by atomic mass is 32.2. The summed E-state index contributed by atoms with van der Waals surface area (Å²) >= 11 is 0. The molecule has 0 amide bonds. The second-order valence-electron chi connectivity index (χ2n) is 9.42. The van der Waals surface area contributed by atoms with Crippen molar-refractivity contribution in [3.05, 3.63) is 29.3 Å². The number of hydrogen-bond acceptors (Lipinski definition) is 5. The Balaban J connectivity index is 2.19. The Hall–Kier alpha value is -1.68. The summed E-state index contributed by atoms with van der Waals surface area (Å²) in [6.07, 6.45) is 4.01. The maximum Gasteiger partial charge on any atom is 0.534 e. The molecule has 1 aromatic rings. The van der Waals surface area contributed by atoms with Gasteiger partial charge < -0.3 is 13.3 Å². The molecular formula is C20H27F3O5SSi. The molecule has 0 N–H and O–H groups in total. The fourth-order valence-corrected chi connectivity index (χ4v) is 5.39. The molecule has 0 bridgehead atoms. The van der Waals surface area contributed by atoms with E-state index in [1.807, 2.05) is 40.4 Å². The van der Waals surface area contributed by atoms with Crippen molar-refractivity contribution in [1.29, 1.82) is 0 Å². The van der Waals surface area contributed by atoms with Gasteiger partial charge in [0.25, 0.3) is 0 Å². The summed E-state index contributed by atoms with van der Waals surface area (Å²) < 4.78 is 78.4. The number of benzene rings is 1. The minimum atomic E-state index is -5.81. The van der Waals surface area contributed by atoms with Crippen molar-refractivity contribution in [2.24, 2.45) is 5.92 Å². The lowest BCUT2D eigenvalue weighted by atomic mass is 9.68. The van der Waals surface area contributed by atoms with Gasteiger partial charge >= 0.3 is 15.6 Å². The van der Waals surface area contributed by atoms with Crippen LogP contribution in [0.3, 0.4) is 0 Å². The Labute approximate surface area is 176 Å². The quantitative estimate of drug-likeness (QED) is 0.246. The number of fused-ring (bicyclic) bond motifs is 3. The number of halogens is 3. The van der Waals surface area contributed by atoms with E-state index in [1.54, 1.807) is 0 Å². The van der Waals surface area contributed by atoms with Crippen LogP contribution in [0.4, 0.5) is 13.2 Å². The third-order valence-electron chi connectivity index (χ3n) is 5.33. The summed E-state index contributed by atoms with van der Waals surface area (Å²) in [4.78, 5) is 0. The molecule has 3 rings (SSSR count). The summed E-state index contributed by atoms with van der Waals surface area (Å²) in [6, 6.07) is 2.45. The first-order chi connectivity index (χ1) is 13.5. The summed E-state index contributed by atoms with van der Waals surface area (Å²) in [5, 5.41) is 0. The van der Waals surface area contributed by atoms with E-state index in [4.69, 9.17) is 9.16 Å². The highest BCUT2D eigenvalue weighted by Gasteiger charge is 2.50. The molecule has 0 aromatic heterocycles. The minimum Gasteiger partial charge on any atom is -0.544 e. The van der Waals surface area contributed by atoms with Crippen LogP contribution in [0.2, 0.25) is 19.6 Å². The van der Waals surface area contributed by atoms with Gasteiger partial charge in [-0.3, -0.25) is 0 Å². The molecule has 0 radical (unpaired) electrons. The van der Waals surface area contributed by atoms with Crippen molar-refractivity contribution in [1.82, 2.24) is 0 Å². The first-order valence-electron chi connectivity index (χ1n) is 9.74. The molecule has 30 heavy (non-hydrogen) atoms. The van der Waals surface area contributed by atoms with Gasteiger partial charge in [0.2, 0.25) is 8.32 Å². The molecule has 0 saturated heterocycles. The third-order valence-corrected chi connectivity index (χ3v) is 7.14. The SMILES string of the molecule is CC1=C[C@H]2c3c(cc(OS(=O)(=O)C(F)(F)F)cc3O[Si](C)(C)C)OC(C)(C)[C@H]2CC1. The highest BCUT2D eigenvalue weighted by Crippen LogP contribution is 2.54. The normalized spacial score (nSPS) is 23.6. The van der Waals surface area contributed by atoms with Crippen LogP contribution in [-0.2, 0) is 10.1 Å². The monoisotopic (exact) mass is 464 g/mol. The lowest BCUT2D eigenvalue weighted by Gasteiger charge is -2.47. The number of ether oxygens (including phenoxy) is 1. The van der Waals surface area contributed by atoms with E-state index < -0.39 is 35.3 Å². The van der Waals surface area contributed by atoms with E-state index in [0.717, 1.165) is 18.4 Å². The van der Waals surface area contributed by atoms with Crippen molar-refractivity contribution in [2.75, 3.05) is 0 Å². The van der Waals surface area contributed by atoms with Crippen LogP contribution < -0.4 is 13.3 Å². The Morgan fingerprint density at radius 3 is 2.40 bits per heavy atom. The fourth-order valence-electron chi connectivity index (χ4n) is 4.12. The molecule has 1 aliphatic carbocycles. The van der Waals surface area contributed by atoms with Gasteiger partial charge in [0.15, 0.2) is 0 Å². The summed E-state index contributed by atoms with van der Waals surface area (Å²) in [7, 11) is -8.00. The van der Waals surface area contributed by atoms with Gasteiger partial charge in [0.05, 0.1) is 0 Å². The van der Waals surface area contributed by atoms with Gasteiger partial charge in [-0.1, -0.05) is 11.6 Å². The predicted octanol–water partition coefficient (Wildman–Crippen LogP) is 5.74. The minimum absolute atomic E-state index is 0.0443. The molecular weight excluding hydrogens is 437 g/mol. The molecule has 0 saturated carbocycles. The molecule has 1 heterocycles. The Kier molecular flexibility index (Phi) is 5.51. The second kappa shape index (κ2) is 7.18. The first-order valence-corrected chi connectivity index (χ1v) is 14.6. The standard InChI is InChI=1S/C20H27F3O5SSi/c1-12-7-8-15-14(9-12)18-16(26-19(15,2)3)10-13(11-17(18)28-30(4,5)6)27-29(24,25)20(21,22)23/h9-11,14-15H,7-8H2,1-6H3/t14-,15+/m1/s1. The molecule has 1 aromatic carbocycles. The van der Waals surface area contributed by atoms with Crippen LogP contribution in [0.25, 0.3) is 0 Å². The van der Waals surface area contributed by atoms with Gasteiger partial charge in [0, 0.05) is 29.5 Å². The second-order valence-corrected chi connectivity index (χ2v) is 15.4. The van der Waals surface area contributed by atoms with Crippen LogP contribution in [0, 0.1) is 5.92 Å². The molecule has 5 nitrogen and oxygen atoms in total. The van der Waals surface area contributed by atoms with Crippen LogP contribution >= 0.6 is 0 Å². The van der Waals surface area contributed by atoms with Crippen molar-refractivity contribution >= 4 is 18.4 Å². The van der Waals surface area contributed by atoms with Crippen LogP contribution in [0.15, 0.2) is 23.8 Å². The summed E-state index contributed by atoms with van der Waals surface area (Å²) in [6.45, 7) is 11.7. The van der Waals surface area contributed by atoms with Crippen molar-refractivity contribution in [2.45, 2.75) is 70.3 Å². The van der Waals surface area contributed by atoms with E-state index in [0.29, 0.717) is 5.75 Å². The van der Waals surface area contributed by atoms with Crippen molar-refractivity contribution in [3.8, 4) is 17.2 Å². The van der Waals surface area contributed by atoms with Crippen LogP contribution in [-0.4, -0.2) is 27.8 Å². The Bertz CT molecular complexity index is 977. The maximum atomic E-state index is 12.8. The molecule has 2 atom stereocenters. The highest BCUT2D eigenvalue weighted by molar-refractivity contribution is 7.88. The lowest BCUT2D eigenvalue weighted by Crippen LogP contribution is -2.45. The number of alkyl halides is 3. The molecule has 2 aliphatic rings. The topological polar surface area (TPSA) is 61.8 Å². The van der Waals surface area contributed by atoms with Crippen molar-refractivity contribution < 1.29 is 34.9 Å². The number of rotatable bonds is 4. The molecule has 0 unspecified atom stereocenters.